The minimum Gasteiger partial charge on any atom is -0.476 e. The second kappa shape index (κ2) is 3.02. The molecule has 0 radical (unpaired) electrons. The summed E-state index contributed by atoms with van der Waals surface area (Å²) in [5.74, 6) is -4.03. The Hall–Kier alpha value is -1.23. The molecule has 0 fully saturated rings. The molecule has 0 bridgehead atoms. The largest absolute Gasteiger partial charge is 0.476 e. The molecule has 1 aromatic heterocycles. The molecular weight excluding hydrogens is 192 g/mol. The van der Waals surface area contributed by atoms with Crippen LogP contribution in [0, 0.1) is 11.6 Å². The lowest BCUT2D eigenvalue weighted by atomic mass is 10.3. The van der Waals surface area contributed by atoms with Gasteiger partial charge in [-0.3, -0.25) is 0 Å². The summed E-state index contributed by atoms with van der Waals surface area (Å²) in [5.41, 5.74) is -0.888. The molecule has 0 aliphatic heterocycles. The Morgan fingerprint density at radius 1 is 1.58 bits per heavy atom. The Labute approximate surface area is 70.6 Å². The molecule has 0 aromatic carbocycles. The van der Waals surface area contributed by atoms with Crippen LogP contribution in [-0.2, 0) is 0 Å². The molecule has 0 atom stereocenters. The molecule has 6 heteroatoms. The Kier molecular flexibility index (Phi) is 2.23. The average molecular weight is 194 g/mol. The monoisotopic (exact) mass is 193 g/mol. The van der Waals surface area contributed by atoms with Gasteiger partial charge in [-0.1, -0.05) is 11.6 Å². The summed E-state index contributed by atoms with van der Waals surface area (Å²) in [4.78, 5) is 13.2. The van der Waals surface area contributed by atoms with Crippen LogP contribution in [0.25, 0.3) is 0 Å². The third-order valence-electron chi connectivity index (χ3n) is 1.12. The van der Waals surface area contributed by atoms with Crippen LogP contribution in [0.1, 0.15) is 10.5 Å². The maximum atomic E-state index is 12.7. The Morgan fingerprint density at radius 2 is 2.17 bits per heavy atom. The van der Waals surface area contributed by atoms with Crippen molar-refractivity contribution in [1.29, 1.82) is 0 Å². The van der Waals surface area contributed by atoms with Gasteiger partial charge in [0.1, 0.15) is 5.02 Å². The SMILES string of the molecule is O=C(O)c1ncc(F)c(Cl)c1F. The van der Waals surface area contributed by atoms with Crippen LogP contribution in [-0.4, -0.2) is 16.1 Å². The maximum Gasteiger partial charge on any atom is 0.357 e. The Morgan fingerprint density at radius 3 is 2.67 bits per heavy atom. The lowest BCUT2D eigenvalue weighted by Crippen LogP contribution is -2.05. The highest BCUT2D eigenvalue weighted by Gasteiger charge is 2.17. The van der Waals surface area contributed by atoms with Crippen molar-refractivity contribution < 1.29 is 18.7 Å². The number of rotatable bonds is 1. The molecule has 12 heavy (non-hydrogen) atoms. The van der Waals surface area contributed by atoms with Gasteiger partial charge in [0.05, 0.1) is 6.20 Å². The number of halogens is 3. The van der Waals surface area contributed by atoms with Crippen LogP contribution in [0.2, 0.25) is 5.02 Å². The van der Waals surface area contributed by atoms with Crippen molar-refractivity contribution in [3.05, 3.63) is 28.5 Å². The number of aromatic nitrogens is 1. The second-order valence-electron chi connectivity index (χ2n) is 1.89. The first-order chi connectivity index (χ1) is 5.54. The van der Waals surface area contributed by atoms with Crippen molar-refractivity contribution in [1.82, 2.24) is 4.98 Å². The van der Waals surface area contributed by atoms with E-state index < -0.39 is 28.3 Å². The maximum absolute atomic E-state index is 12.7. The van der Waals surface area contributed by atoms with Crippen LogP contribution in [0.15, 0.2) is 6.20 Å². The highest BCUT2D eigenvalue weighted by Crippen LogP contribution is 2.19. The average Bonchev–Trinajstić information content (AvgIpc) is 2.00. The van der Waals surface area contributed by atoms with Crippen LogP contribution < -0.4 is 0 Å². The van der Waals surface area contributed by atoms with E-state index in [9.17, 15) is 13.6 Å². The summed E-state index contributed by atoms with van der Waals surface area (Å²) in [6.07, 6.45) is 0.550. The van der Waals surface area contributed by atoms with Crippen molar-refractivity contribution >= 4 is 17.6 Å². The molecule has 0 spiro atoms. The summed E-state index contributed by atoms with van der Waals surface area (Å²) in [6.45, 7) is 0. The van der Waals surface area contributed by atoms with E-state index in [0.717, 1.165) is 0 Å². The first-order valence-corrected chi connectivity index (χ1v) is 3.14. The van der Waals surface area contributed by atoms with Gasteiger partial charge in [-0.25, -0.2) is 18.6 Å². The van der Waals surface area contributed by atoms with Crippen molar-refractivity contribution in [3.63, 3.8) is 0 Å². The van der Waals surface area contributed by atoms with Crippen molar-refractivity contribution in [2.24, 2.45) is 0 Å². The standard InChI is InChI=1S/C6H2ClF2NO2/c7-3-2(8)1-10-5(4(3)9)6(11)12/h1H,(H,11,12). The molecule has 1 rings (SSSR count). The number of aromatic carboxylic acids is 1. The van der Waals surface area contributed by atoms with Gasteiger partial charge in [-0.15, -0.1) is 0 Å². The molecule has 1 heterocycles. The predicted molar refractivity (Wildman–Crippen MR) is 36.1 cm³/mol. The van der Waals surface area contributed by atoms with E-state index in [0.29, 0.717) is 6.20 Å². The zero-order valence-corrected chi connectivity index (χ0v) is 6.27. The fourth-order valence-corrected chi connectivity index (χ4v) is 0.731. The van der Waals surface area contributed by atoms with E-state index in [1.54, 1.807) is 0 Å². The number of hydrogen-bond donors (Lipinski definition) is 1. The molecule has 0 amide bonds. The van der Waals surface area contributed by atoms with Gasteiger partial charge in [0.25, 0.3) is 0 Å². The number of carboxylic acids is 1. The molecule has 0 unspecified atom stereocenters. The molecule has 0 saturated carbocycles. The van der Waals surface area contributed by atoms with Crippen LogP contribution >= 0.6 is 11.6 Å². The van der Waals surface area contributed by atoms with Gasteiger partial charge in [0, 0.05) is 0 Å². The van der Waals surface area contributed by atoms with E-state index in [2.05, 4.69) is 4.98 Å². The van der Waals surface area contributed by atoms with E-state index >= 15 is 0 Å². The first kappa shape index (κ1) is 8.86. The van der Waals surface area contributed by atoms with E-state index in [1.807, 2.05) is 0 Å². The lowest BCUT2D eigenvalue weighted by molar-refractivity contribution is 0.0684. The third kappa shape index (κ3) is 1.35. The summed E-state index contributed by atoms with van der Waals surface area (Å²) < 4.78 is 25.1. The first-order valence-electron chi connectivity index (χ1n) is 2.77. The normalized spacial score (nSPS) is 9.92. The summed E-state index contributed by atoms with van der Waals surface area (Å²) in [7, 11) is 0. The van der Waals surface area contributed by atoms with Gasteiger partial charge in [0.15, 0.2) is 17.3 Å². The number of pyridine rings is 1. The molecule has 0 aliphatic rings. The van der Waals surface area contributed by atoms with Gasteiger partial charge in [-0.2, -0.15) is 0 Å². The zero-order valence-electron chi connectivity index (χ0n) is 5.51. The van der Waals surface area contributed by atoms with Crippen LogP contribution in [0.4, 0.5) is 8.78 Å². The number of carboxylic acid groups (broad SMARTS) is 1. The fourth-order valence-electron chi connectivity index (χ4n) is 0.592. The number of nitrogens with zero attached hydrogens (tertiary/aromatic N) is 1. The molecule has 0 aliphatic carbocycles. The quantitative estimate of drug-likeness (QED) is 0.739. The Bertz CT molecular complexity index is 343. The van der Waals surface area contributed by atoms with E-state index in [4.69, 9.17) is 16.7 Å². The molecule has 3 nitrogen and oxygen atoms in total. The zero-order chi connectivity index (χ0) is 9.30. The van der Waals surface area contributed by atoms with Gasteiger partial charge >= 0.3 is 5.97 Å². The fraction of sp³-hybridized carbons (Fsp3) is 0. The summed E-state index contributed by atoms with van der Waals surface area (Å²) in [6, 6.07) is 0. The molecule has 1 N–H and O–H groups in total. The molecular formula is C6H2ClF2NO2. The topological polar surface area (TPSA) is 50.2 Å². The second-order valence-corrected chi connectivity index (χ2v) is 2.27. The van der Waals surface area contributed by atoms with E-state index in [-0.39, 0.29) is 0 Å². The van der Waals surface area contributed by atoms with Crippen LogP contribution in [0.3, 0.4) is 0 Å². The van der Waals surface area contributed by atoms with Crippen molar-refractivity contribution in [2.45, 2.75) is 0 Å². The van der Waals surface area contributed by atoms with Crippen LogP contribution in [0.5, 0.6) is 0 Å². The molecule has 1 aromatic rings. The van der Waals surface area contributed by atoms with Crippen molar-refractivity contribution in [2.75, 3.05) is 0 Å². The van der Waals surface area contributed by atoms with Gasteiger partial charge < -0.3 is 5.11 Å². The molecule has 64 valence electrons. The number of hydrogen-bond acceptors (Lipinski definition) is 2. The summed E-state index contributed by atoms with van der Waals surface area (Å²) in [5, 5.41) is 7.44. The summed E-state index contributed by atoms with van der Waals surface area (Å²) >= 11 is 5.07. The smallest absolute Gasteiger partial charge is 0.357 e. The Balaban J connectivity index is 3.36. The van der Waals surface area contributed by atoms with Crippen molar-refractivity contribution in [3.8, 4) is 0 Å². The van der Waals surface area contributed by atoms with Gasteiger partial charge in [-0.05, 0) is 0 Å². The highest BCUT2D eigenvalue weighted by molar-refractivity contribution is 6.31. The highest BCUT2D eigenvalue weighted by atomic mass is 35.5. The van der Waals surface area contributed by atoms with E-state index in [1.165, 1.54) is 0 Å². The third-order valence-corrected chi connectivity index (χ3v) is 1.47. The molecule has 0 saturated heterocycles. The lowest BCUT2D eigenvalue weighted by Gasteiger charge is -1.98. The minimum atomic E-state index is -1.59. The predicted octanol–water partition coefficient (Wildman–Crippen LogP) is 1.71. The minimum absolute atomic E-state index is 0.550. The number of carbonyl (C=O) groups is 1. The van der Waals surface area contributed by atoms with Gasteiger partial charge in [0.2, 0.25) is 0 Å².